The van der Waals surface area contributed by atoms with Crippen LogP contribution in [0.5, 0.6) is 0 Å². The average Bonchev–Trinajstić information content (AvgIpc) is 2.63. The topological polar surface area (TPSA) is 24.5 Å². The molecular weight excluding hydrogens is 308 g/mol. The zero-order chi connectivity index (χ0) is 19.0. The van der Waals surface area contributed by atoms with E-state index in [0.29, 0.717) is 5.54 Å². The SMILES string of the molecule is C1COCCN1.CCCC(C)C(CCC)(CCC)N(CCC)CCC. The van der Waals surface area contributed by atoms with Gasteiger partial charge in [-0.3, -0.25) is 4.90 Å². The third kappa shape index (κ3) is 9.40. The summed E-state index contributed by atoms with van der Waals surface area (Å²) < 4.78 is 5.01. The second kappa shape index (κ2) is 16.1. The summed E-state index contributed by atoms with van der Waals surface area (Å²) in [5.41, 5.74) is 0.464. The van der Waals surface area contributed by atoms with Crippen molar-refractivity contribution in [2.45, 2.75) is 98.4 Å². The number of nitrogens with one attached hydrogen (secondary N) is 1. The van der Waals surface area contributed by atoms with Crippen LogP contribution in [0.1, 0.15) is 92.9 Å². The highest BCUT2D eigenvalue weighted by Gasteiger charge is 2.38. The highest BCUT2D eigenvalue weighted by molar-refractivity contribution is 4.94. The molecule has 1 N–H and O–H groups in total. The summed E-state index contributed by atoms with van der Waals surface area (Å²) >= 11 is 0. The monoisotopic (exact) mass is 356 g/mol. The van der Waals surface area contributed by atoms with Gasteiger partial charge in [-0.15, -0.1) is 0 Å². The fourth-order valence-corrected chi connectivity index (χ4v) is 4.43. The second-order valence-corrected chi connectivity index (χ2v) is 7.64. The molecule has 0 aromatic rings. The van der Waals surface area contributed by atoms with E-state index in [1.54, 1.807) is 0 Å². The van der Waals surface area contributed by atoms with Gasteiger partial charge in [-0.1, -0.05) is 60.8 Å². The molecule has 0 bridgehead atoms. The third-order valence-electron chi connectivity index (χ3n) is 5.47. The molecule has 0 aromatic carbocycles. The van der Waals surface area contributed by atoms with Crippen LogP contribution >= 0.6 is 0 Å². The number of rotatable bonds is 12. The molecular formula is C22H48N2O. The molecule has 1 atom stereocenters. The van der Waals surface area contributed by atoms with Gasteiger partial charge in [0.2, 0.25) is 0 Å². The molecule has 1 rings (SSSR count). The predicted octanol–water partition coefficient (Wildman–Crippen LogP) is 5.49. The molecule has 1 aliphatic heterocycles. The van der Waals surface area contributed by atoms with Crippen LogP contribution < -0.4 is 5.32 Å². The molecule has 3 heteroatoms. The normalized spacial score (nSPS) is 16.4. The first-order valence-electron chi connectivity index (χ1n) is 11.2. The minimum atomic E-state index is 0.464. The number of morpholine rings is 1. The molecule has 0 amide bonds. The summed E-state index contributed by atoms with van der Waals surface area (Å²) in [6.45, 7) is 20.6. The third-order valence-corrected chi connectivity index (χ3v) is 5.47. The molecule has 0 spiro atoms. The molecule has 0 aliphatic carbocycles. The van der Waals surface area contributed by atoms with Crippen LogP contribution in [0.25, 0.3) is 0 Å². The van der Waals surface area contributed by atoms with Crippen molar-refractivity contribution in [1.82, 2.24) is 10.2 Å². The van der Waals surface area contributed by atoms with Gasteiger partial charge in [-0.25, -0.2) is 0 Å². The van der Waals surface area contributed by atoms with Crippen molar-refractivity contribution < 1.29 is 4.74 Å². The molecule has 1 heterocycles. The van der Waals surface area contributed by atoms with Crippen molar-refractivity contribution in [3.8, 4) is 0 Å². The Bertz CT molecular complexity index is 256. The Morgan fingerprint density at radius 1 is 0.840 bits per heavy atom. The van der Waals surface area contributed by atoms with Crippen LogP contribution in [0.2, 0.25) is 0 Å². The van der Waals surface area contributed by atoms with Gasteiger partial charge >= 0.3 is 0 Å². The molecule has 1 unspecified atom stereocenters. The summed E-state index contributed by atoms with van der Waals surface area (Å²) in [5, 5.41) is 3.16. The number of hydrogen-bond donors (Lipinski definition) is 1. The quantitative estimate of drug-likeness (QED) is 0.500. The molecule has 1 saturated heterocycles. The minimum Gasteiger partial charge on any atom is -0.379 e. The van der Waals surface area contributed by atoms with E-state index in [-0.39, 0.29) is 0 Å². The smallest absolute Gasteiger partial charge is 0.0591 e. The molecule has 1 fully saturated rings. The summed E-state index contributed by atoms with van der Waals surface area (Å²) in [6, 6.07) is 0. The second-order valence-electron chi connectivity index (χ2n) is 7.64. The molecule has 152 valence electrons. The maximum Gasteiger partial charge on any atom is 0.0591 e. The summed E-state index contributed by atoms with van der Waals surface area (Å²) in [6.07, 6.45) is 10.7. The zero-order valence-electron chi connectivity index (χ0n) is 18.3. The first-order chi connectivity index (χ1) is 12.1. The van der Waals surface area contributed by atoms with Crippen LogP contribution in [0.4, 0.5) is 0 Å². The van der Waals surface area contributed by atoms with E-state index in [1.807, 2.05) is 0 Å². The lowest BCUT2D eigenvalue weighted by Gasteiger charge is -2.49. The van der Waals surface area contributed by atoms with Crippen LogP contribution in [-0.2, 0) is 4.74 Å². The Morgan fingerprint density at radius 2 is 1.36 bits per heavy atom. The maximum absolute atomic E-state index is 5.01. The van der Waals surface area contributed by atoms with E-state index < -0.39 is 0 Å². The van der Waals surface area contributed by atoms with E-state index >= 15 is 0 Å². The largest absolute Gasteiger partial charge is 0.379 e. The lowest BCUT2D eigenvalue weighted by molar-refractivity contribution is 0.0154. The summed E-state index contributed by atoms with van der Waals surface area (Å²) in [5.74, 6) is 0.829. The predicted molar refractivity (Wildman–Crippen MR) is 112 cm³/mol. The highest BCUT2D eigenvalue weighted by Crippen LogP contribution is 2.37. The average molecular weight is 357 g/mol. The standard InChI is InChI=1S/C18H39N.C4H9NO/c1-7-12-17(6)18(13-8-2,14-9-3)19(15-10-4)16-11-5;1-3-6-4-2-5-1/h17H,7-16H2,1-6H3;5H,1-4H2. The van der Waals surface area contributed by atoms with Crippen LogP contribution in [0.3, 0.4) is 0 Å². The molecule has 25 heavy (non-hydrogen) atoms. The van der Waals surface area contributed by atoms with Gasteiger partial charge in [0.15, 0.2) is 0 Å². The van der Waals surface area contributed by atoms with E-state index in [4.69, 9.17) is 4.74 Å². The summed E-state index contributed by atoms with van der Waals surface area (Å²) in [7, 11) is 0. The van der Waals surface area contributed by atoms with Crippen molar-refractivity contribution in [1.29, 1.82) is 0 Å². The van der Waals surface area contributed by atoms with Gasteiger partial charge in [0.1, 0.15) is 0 Å². The molecule has 0 aromatic heterocycles. The molecule has 1 aliphatic rings. The fraction of sp³-hybridized carbons (Fsp3) is 1.00. The van der Waals surface area contributed by atoms with Gasteiger partial charge in [0.05, 0.1) is 13.2 Å². The van der Waals surface area contributed by atoms with Gasteiger partial charge < -0.3 is 10.1 Å². The van der Waals surface area contributed by atoms with Gasteiger partial charge in [0.25, 0.3) is 0 Å². The van der Waals surface area contributed by atoms with Crippen LogP contribution in [-0.4, -0.2) is 49.8 Å². The van der Waals surface area contributed by atoms with Crippen molar-refractivity contribution in [3.63, 3.8) is 0 Å². The summed E-state index contributed by atoms with van der Waals surface area (Å²) in [4.78, 5) is 2.85. The Hall–Kier alpha value is -0.120. The van der Waals surface area contributed by atoms with Crippen LogP contribution in [0.15, 0.2) is 0 Å². The first-order valence-corrected chi connectivity index (χ1v) is 11.2. The van der Waals surface area contributed by atoms with E-state index in [0.717, 1.165) is 32.2 Å². The fourth-order valence-electron chi connectivity index (χ4n) is 4.43. The van der Waals surface area contributed by atoms with Gasteiger partial charge in [-0.2, -0.15) is 0 Å². The Morgan fingerprint density at radius 3 is 1.64 bits per heavy atom. The Kier molecular flexibility index (Phi) is 16.0. The lowest BCUT2D eigenvalue weighted by Crippen LogP contribution is -2.53. The first kappa shape index (κ1) is 24.9. The van der Waals surface area contributed by atoms with Crippen molar-refractivity contribution >= 4 is 0 Å². The number of nitrogens with zero attached hydrogens (tertiary/aromatic N) is 1. The van der Waals surface area contributed by atoms with Gasteiger partial charge in [0, 0.05) is 18.6 Å². The molecule has 0 saturated carbocycles. The maximum atomic E-state index is 5.01. The van der Waals surface area contributed by atoms with Crippen LogP contribution in [0, 0.1) is 5.92 Å². The van der Waals surface area contributed by atoms with Crippen molar-refractivity contribution in [2.24, 2.45) is 5.92 Å². The van der Waals surface area contributed by atoms with Gasteiger partial charge in [-0.05, 0) is 51.1 Å². The lowest BCUT2D eigenvalue weighted by atomic mass is 9.74. The van der Waals surface area contributed by atoms with E-state index in [1.165, 1.54) is 64.5 Å². The zero-order valence-corrected chi connectivity index (χ0v) is 18.3. The number of hydrogen-bond acceptors (Lipinski definition) is 3. The van der Waals surface area contributed by atoms with E-state index in [9.17, 15) is 0 Å². The van der Waals surface area contributed by atoms with E-state index in [2.05, 4.69) is 51.8 Å². The Labute approximate surface area is 159 Å². The van der Waals surface area contributed by atoms with Crippen molar-refractivity contribution in [3.05, 3.63) is 0 Å². The molecule has 3 nitrogen and oxygen atoms in total. The minimum absolute atomic E-state index is 0.464. The number of ether oxygens (including phenoxy) is 1. The van der Waals surface area contributed by atoms with Crippen molar-refractivity contribution in [2.75, 3.05) is 39.4 Å². The molecule has 0 radical (unpaired) electrons. The Balaban J connectivity index is 0.000000796. The highest BCUT2D eigenvalue weighted by atomic mass is 16.5.